The van der Waals surface area contributed by atoms with Gasteiger partial charge in [0.25, 0.3) is 0 Å². The minimum absolute atomic E-state index is 0.236. The number of hydrogen-bond donors (Lipinski definition) is 1. The number of para-hydroxylation sites is 1. The number of nitrogens with one attached hydrogen (secondary N) is 1. The van der Waals surface area contributed by atoms with Gasteiger partial charge >= 0.3 is 0 Å². The smallest absolute Gasteiger partial charge is 0.177 e. The van der Waals surface area contributed by atoms with Gasteiger partial charge in [0.05, 0.1) is 17.4 Å². The van der Waals surface area contributed by atoms with Gasteiger partial charge in [-0.05, 0) is 38.1 Å². The summed E-state index contributed by atoms with van der Waals surface area (Å²) in [5, 5.41) is 9.26. The molecule has 0 saturated carbocycles. The first-order valence-electron chi connectivity index (χ1n) is 9.20. The van der Waals surface area contributed by atoms with Gasteiger partial charge in [-0.15, -0.1) is 0 Å². The lowest BCUT2D eigenvalue weighted by Gasteiger charge is -2.04. The molecule has 4 aromatic heterocycles. The summed E-state index contributed by atoms with van der Waals surface area (Å²) in [5.41, 5.74) is 5.53. The summed E-state index contributed by atoms with van der Waals surface area (Å²) in [6, 6.07) is 14.2. The molecule has 5 aromatic rings. The molecule has 0 atom stereocenters. The zero-order valence-corrected chi connectivity index (χ0v) is 15.6. The number of hydrogen-bond acceptors (Lipinski definition) is 4. The molecule has 0 spiro atoms. The van der Waals surface area contributed by atoms with E-state index >= 15 is 0 Å². The van der Waals surface area contributed by atoms with Gasteiger partial charge in [-0.25, -0.2) is 14.3 Å². The number of aromatic nitrogens is 7. The highest BCUT2D eigenvalue weighted by molar-refractivity contribution is 5.82. The molecule has 7 nitrogen and oxygen atoms in total. The minimum atomic E-state index is 0.236. The van der Waals surface area contributed by atoms with E-state index in [1.54, 1.807) is 12.4 Å². The van der Waals surface area contributed by atoms with E-state index in [1.165, 1.54) is 0 Å². The molecular weight excluding hydrogens is 350 g/mol. The van der Waals surface area contributed by atoms with E-state index < -0.39 is 0 Å². The molecule has 4 heterocycles. The van der Waals surface area contributed by atoms with E-state index in [4.69, 9.17) is 10.1 Å². The van der Waals surface area contributed by atoms with Crippen LogP contribution in [0.3, 0.4) is 0 Å². The zero-order chi connectivity index (χ0) is 19.1. The van der Waals surface area contributed by atoms with E-state index in [0.717, 1.165) is 39.5 Å². The summed E-state index contributed by atoms with van der Waals surface area (Å²) >= 11 is 0. The molecule has 0 unspecified atom stereocenters. The van der Waals surface area contributed by atoms with Crippen molar-refractivity contribution in [3.8, 4) is 28.3 Å². The molecule has 0 fully saturated rings. The standard InChI is InChI=1S/C21H19N7/c1-14(2)28-21-18(12-23-28)24-20(25-21)17-13-27(16-6-4-3-5-7-16)26-19(17)15-8-10-22-11-9-15/h3-14H,1-2H3,(H,24,25). The molecule has 0 aliphatic carbocycles. The summed E-state index contributed by atoms with van der Waals surface area (Å²) in [5.74, 6) is 0.774. The summed E-state index contributed by atoms with van der Waals surface area (Å²) < 4.78 is 3.80. The van der Waals surface area contributed by atoms with Crippen molar-refractivity contribution < 1.29 is 0 Å². The molecule has 0 amide bonds. The number of fused-ring (bicyclic) bond motifs is 1. The third kappa shape index (κ3) is 2.68. The number of H-pyrrole nitrogens is 1. The monoisotopic (exact) mass is 369 g/mol. The van der Waals surface area contributed by atoms with Crippen LogP contribution >= 0.6 is 0 Å². The first-order valence-corrected chi connectivity index (χ1v) is 9.20. The number of pyridine rings is 1. The summed E-state index contributed by atoms with van der Waals surface area (Å²) in [4.78, 5) is 12.4. The van der Waals surface area contributed by atoms with Gasteiger partial charge in [0.15, 0.2) is 5.65 Å². The number of rotatable bonds is 4. The summed E-state index contributed by atoms with van der Waals surface area (Å²) in [6.07, 6.45) is 7.38. The molecule has 1 N–H and O–H groups in total. The zero-order valence-electron chi connectivity index (χ0n) is 15.6. The molecule has 0 radical (unpaired) electrons. The first kappa shape index (κ1) is 16.4. The van der Waals surface area contributed by atoms with Crippen molar-refractivity contribution in [2.24, 2.45) is 0 Å². The Bertz CT molecular complexity index is 1230. The number of benzene rings is 1. The molecule has 28 heavy (non-hydrogen) atoms. The Morgan fingerprint density at radius 3 is 2.54 bits per heavy atom. The van der Waals surface area contributed by atoms with Gasteiger partial charge in [-0.3, -0.25) is 4.98 Å². The lowest BCUT2D eigenvalue weighted by atomic mass is 10.1. The third-order valence-electron chi connectivity index (χ3n) is 4.67. The van der Waals surface area contributed by atoms with Gasteiger partial charge in [0.2, 0.25) is 0 Å². The predicted octanol–water partition coefficient (Wildman–Crippen LogP) is 4.26. The Kier molecular flexibility index (Phi) is 3.79. The van der Waals surface area contributed by atoms with Crippen LogP contribution in [0.15, 0.2) is 67.3 Å². The number of imidazole rings is 1. The fraction of sp³-hybridized carbons (Fsp3) is 0.143. The molecule has 0 saturated heterocycles. The van der Waals surface area contributed by atoms with E-state index in [2.05, 4.69) is 28.9 Å². The Hall–Kier alpha value is -3.74. The Morgan fingerprint density at radius 2 is 1.79 bits per heavy atom. The summed E-state index contributed by atoms with van der Waals surface area (Å²) in [7, 11) is 0. The Balaban J connectivity index is 1.71. The van der Waals surface area contributed by atoms with E-state index in [9.17, 15) is 0 Å². The molecular formula is C21H19N7. The van der Waals surface area contributed by atoms with Crippen LogP contribution in [0.5, 0.6) is 0 Å². The fourth-order valence-electron chi connectivity index (χ4n) is 3.31. The van der Waals surface area contributed by atoms with E-state index in [0.29, 0.717) is 0 Å². The van der Waals surface area contributed by atoms with Crippen LogP contribution in [0, 0.1) is 0 Å². The minimum Gasteiger partial charge on any atom is -0.335 e. The Labute approximate surface area is 161 Å². The topological polar surface area (TPSA) is 77.2 Å². The van der Waals surface area contributed by atoms with Crippen molar-refractivity contribution >= 4 is 11.2 Å². The predicted molar refractivity (Wildman–Crippen MR) is 108 cm³/mol. The second-order valence-corrected chi connectivity index (χ2v) is 6.91. The lowest BCUT2D eigenvalue weighted by molar-refractivity contribution is 0.547. The molecule has 0 bridgehead atoms. The lowest BCUT2D eigenvalue weighted by Crippen LogP contribution is -2.02. The fourth-order valence-corrected chi connectivity index (χ4v) is 3.31. The molecule has 138 valence electrons. The molecule has 1 aromatic carbocycles. The van der Waals surface area contributed by atoms with Crippen molar-refractivity contribution in [2.45, 2.75) is 19.9 Å². The first-order chi connectivity index (χ1) is 13.7. The van der Waals surface area contributed by atoms with Crippen molar-refractivity contribution in [2.75, 3.05) is 0 Å². The average molecular weight is 369 g/mol. The molecule has 0 aliphatic heterocycles. The molecule has 7 heteroatoms. The largest absolute Gasteiger partial charge is 0.335 e. The highest BCUT2D eigenvalue weighted by Gasteiger charge is 2.19. The van der Waals surface area contributed by atoms with Gasteiger partial charge in [-0.1, -0.05) is 18.2 Å². The van der Waals surface area contributed by atoms with Gasteiger partial charge in [-0.2, -0.15) is 10.2 Å². The maximum Gasteiger partial charge on any atom is 0.177 e. The van der Waals surface area contributed by atoms with Gasteiger partial charge < -0.3 is 4.98 Å². The van der Waals surface area contributed by atoms with Crippen molar-refractivity contribution in [1.29, 1.82) is 0 Å². The van der Waals surface area contributed by atoms with Crippen LogP contribution in [-0.2, 0) is 0 Å². The second kappa shape index (κ2) is 6.45. The quantitative estimate of drug-likeness (QED) is 0.514. The second-order valence-electron chi connectivity index (χ2n) is 6.91. The van der Waals surface area contributed by atoms with Crippen LogP contribution in [0.25, 0.3) is 39.5 Å². The number of aromatic amines is 1. The molecule has 5 rings (SSSR count). The third-order valence-corrected chi connectivity index (χ3v) is 4.67. The van der Waals surface area contributed by atoms with Crippen molar-refractivity contribution in [3.05, 3.63) is 67.3 Å². The highest BCUT2D eigenvalue weighted by Crippen LogP contribution is 2.31. The number of nitrogens with zero attached hydrogens (tertiary/aromatic N) is 6. The van der Waals surface area contributed by atoms with E-state index in [-0.39, 0.29) is 6.04 Å². The normalized spacial score (nSPS) is 11.5. The highest BCUT2D eigenvalue weighted by atomic mass is 15.3. The maximum absolute atomic E-state index is 4.85. The Morgan fingerprint density at radius 1 is 1.00 bits per heavy atom. The van der Waals surface area contributed by atoms with Crippen molar-refractivity contribution in [3.63, 3.8) is 0 Å². The van der Waals surface area contributed by atoms with Crippen LogP contribution in [0.1, 0.15) is 19.9 Å². The van der Waals surface area contributed by atoms with Crippen LogP contribution in [-0.4, -0.2) is 34.5 Å². The SMILES string of the molecule is CC(C)n1ncc2[nH]c(-c3cn(-c4ccccc4)nc3-c3ccncc3)nc21. The van der Waals surface area contributed by atoms with Gasteiger partial charge in [0.1, 0.15) is 17.0 Å². The average Bonchev–Trinajstić information content (AvgIpc) is 3.42. The van der Waals surface area contributed by atoms with Crippen LogP contribution in [0.4, 0.5) is 0 Å². The summed E-state index contributed by atoms with van der Waals surface area (Å²) in [6.45, 7) is 4.19. The molecule has 0 aliphatic rings. The maximum atomic E-state index is 4.85. The van der Waals surface area contributed by atoms with E-state index in [1.807, 2.05) is 64.2 Å². The van der Waals surface area contributed by atoms with Crippen LogP contribution < -0.4 is 0 Å². The van der Waals surface area contributed by atoms with Crippen molar-refractivity contribution in [1.82, 2.24) is 34.5 Å². The van der Waals surface area contributed by atoms with Gasteiger partial charge in [0, 0.05) is 30.2 Å². The van der Waals surface area contributed by atoms with Crippen LogP contribution in [0.2, 0.25) is 0 Å².